The summed E-state index contributed by atoms with van der Waals surface area (Å²) in [5.41, 5.74) is 0.881. The van der Waals surface area contributed by atoms with Gasteiger partial charge in [-0.2, -0.15) is 0 Å². The summed E-state index contributed by atoms with van der Waals surface area (Å²) >= 11 is 0. The number of hydrogen-bond donors (Lipinski definition) is 3. The molecule has 0 spiro atoms. The van der Waals surface area contributed by atoms with Gasteiger partial charge in [-0.15, -0.1) is 0 Å². The maximum Gasteiger partial charge on any atom is 0.253 e. The second kappa shape index (κ2) is 11.2. The number of nitrogens with zero attached hydrogens (tertiary/aromatic N) is 1. The molecule has 0 aliphatic carbocycles. The van der Waals surface area contributed by atoms with Gasteiger partial charge in [0.05, 0.1) is 4.90 Å². The average Bonchev–Trinajstić information content (AvgIpc) is 3.63. The molecule has 3 atom stereocenters. The molecule has 0 bridgehead atoms. The van der Waals surface area contributed by atoms with E-state index < -0.39 is 40.1 Å². The molecule has 0 unspecified atom stereocenters. The topological polar surface area (TPSA) is 137 Å². The molecule has 0 radical (unpaired) electrons. The van der Waals surface area contributed by atoms with Crippen molar-refractivity contribution < 1.29 is 27.5 Å². The number of hydrogen-bond acceptors (Lipinski definition) is 6. The first kappa shape index (κ1) is 25.3. The number of carbonyl (C=O) groups is 3. The molecule has 1 heterocycles. The number of benzene rings is 2. The van der Waals surface area contributed by atoms with Crippen molar-refractivity contribution in [1.82, 2.24) is 20.3 Å². The van der Waals surface area contributed by atoms with Gasteiger partial charge in [-0.05, 0) is 17.7 Å². The lowest BCUT2D eigenvalue weighted by Gasteiger charge is -2.21. The van der Waals surface area contributed by atoms with Gasteiger partial charge in [0.15, 0.2) is 12.2 Å². The molecule has 1 fully saturated rings. The SMILES string of the molecule is CN(C)C(=O)[C@H](Cc1ccccc1)NC(=O)[C@H]1O[C@@H]1C(=O)NCCNS(=O)(=O)c1ccccc1. The van der Waals surface area contributed by atoms with E-state index in [-0.39, 0.29) is 23.9 Å². The zero-order valence-electron chi connectivity index (χ0n) is 18.9. The van der Waals surface area contributed by atoms with Gasteiger partial charge in [0.25, 0.3) is 11.8 Å². The largest absolute Gasteiger partial charge is 0.352 e. The Labute approximate surface area is 198 Å². The summed E-state index contributed by atoms with van der Waals surface area (Å²) in [4.78, 5) is 38.9. The molecule has 182 valence electrons. The van der Waals surface area contributed by atoms with Crippen LogP contribution in [-0.4, -0.2) is 76.5 Å². The standard InChI is InChI=1S/C23H28N4O6S/c1-27(2)23(30)18(15-16-9-5-3-6-10-16)26-22(29)20-19(33-20)21(28)24-13-14-25-34(31,32)17-11-7-4-8-12-17/h3-12,18-20,25H,13-15H2,1-2H3,(H,24,28)(H,26,29)/t18-,19-,20-/m0/s1. The third kappa shape index (κ3) is 6.86. The Bertz CT molecular complexity index is 1110. The second-order valence-electron chi connectivity index (χ2n) is 7.96. The van der Waals surface area contributed by atoms with E-state index in [1.807, 2.05) is 30.3 Å². The Morgan fingerprint density at radius 2 is 1.50 bits per heavy atom. The summed E-state index contributed by atoms with van der Waals surface area (Å²) in [7, 11) is -0.475. The molecule has 3 N–H and O–H groups in total. The maximum absolute atomic E-state index is 12.6. The molecule has 1 saturated heterocycles. The van der Waals surface area contributed by atoms with E-state index in [2.05, 4.69) is 15.4 Å². The predicted molar refractivity (Wildman–Crippen MR) is 124 cm³/mol. The smallest absolute Gasteiger partial charge is 0.253 e. The van der Waals surface area contributed by atoms with Crippen LogP contribution in [0.5, 0.6) is 0 Å². The van der Waals surface area contributed by atoms with Crippen LogP contribution in [0.15, 0.2) is 65.6 Å². The molecule has 34 heavy (non-hydrogen) atoms. The maximum atomic E-state index is 12.6. The van der Waals surface area contributed by atoms with Gasteiger partial charge in [0, 0.05) is 33.6 Å². The summed E-state index contributed by atoms with van der Waals surface area (Å²) in [5, 5.41) is 5.21. The van der Waals surface area contributed by atoms with E-state index in [0.717, 1.165) is 5.56 Å². The molecule has 3 amide bonds. The minimum atomic E-state index is -3.67. The van der Waals surface area contributed by atoms with E-state index in [4.69, 9.17) is 4.74 Å². The molecular formula is C23H28N4O6S. The van der Waals surface area contributed by atoms with Crippen molar-refractivity contribution >= 4 is 27.7 Å². The van der Waals surface area contributed by atoms with Crippen molar-refractivity contribution in [2.24, 2.45) is 0 Å². The van der Waals surface area contributed by atoms with Crippen LogP contribution in [-0.2, 0) is 35.6 Å². The van der Waals surface area contributed by atoms with Crippen LogP contribution in [0.25, 0.3) is 0 Å². The predicted octanol–water partition coefficient (Wildman–Crippen LogP) is -0.336. The van der Waals surface area contributed by atoms with Crippen molar-refractivity contribution in [2.75, 3.05) is 27.2 Å². The van der Waals surface area contributed by atoms with E-state index in [0.29, 0.717) is 6.42 Å². The normalized spacial score (nSPS) is 17.9. The first-order chi connectivity index (χ1) is 16.2. The summed E-state index contributed by atoms with van der Waals surface area (Å²) in [6.45, 7) is -0.00210. The fourth-order valence-corrected chi connectivity index (χ4v) is 4.33. The second-order valence-corrected chi connectivity index (χ2v) is 9.73. The number of nitrogens with one attached hydrogen (secondary N) is 3. The zero-order chi connectivity index (χ0) is 24.7. The number of amides is 3. The van der Waals surface area contributed by atoms with E-state index in [1.54, 1.807) is 32.3 Å². The first-order valence-corrected chi connectivity index (χ1v) is 12.2. The number of likely N-dealkylation sites (N-methyl/N-ethyl adjacent to an activating group) is 1. The molecule has 2 aromatic rings. The van der Waals surface area contributed by atoms with Gasteiger partial charge in [-0.25, -0.2) is 13.1 Å². The van der Waals surface area contributed by atoms with E-state index in [1.165, 1.54) is 17.0 Å². The zero-order valence-corrected chi connectivity index (χ0v) is 19.7. The van der Waals surface area contributed by atoms with Crippen LogP contribution in [0, 0.1) is 0 Å². The highest BCUT2D eigenvalue weighted by molar-refractivity contribution is 7.89. The molecule has 10 nitrogen and oxygen atoms in total. The highest BCUT2D eigenvalue weighted by atomic mass is 32.2. The molecule has 3 rings (SSSR count). The van der Waals surface area contributed by atoms with Crippen molar-refractivity contribution in [3.63, 3.8) is 0 Å². The van der Waals surface area contributed by atoms with Gasteiger partial charge in [0.2, 0.25) is 15.9 Å². The Morgan fingerprint density at radius 3 is 2.12 bits per heavy atom. The molecule has 0 aromatic heterocycles. The highest BCUT2D eigenvalue weighted by Crippen LogP contribution is 2.22. The molecule has 0 saturated carbocycles. The number of rotatable bonds is 11. The third-order valence-corrected chi connectivity index (χ3v) is 6.59. The van der Waals surface area contributed by atoms with Gasteiger partial charge >= 0.3 is 0 Å². The molecule has 2 aromatic carbocycles. The minimum Gasteiger partial charge on any atom is -0.352 e. The number of carbonyl (C=O) groups excluding carboxylic acids is 3. The van der Waals surface area contributed by atoms with Crippen LogP contribution in [0.4, 0.5) is 0 Å². The van der Waals surface area contributed by atoms with Gasteiger partial charge in [-0.3, -0.25) is 14.4 Å². The fraction of sp³-hybridized carbons (Fsp3) is 0.348. The summed E-state index contributed by atoms with van der Waals surface area (Å²) in [6.07, 6.45) is -1.69. The molecule has 1 aliphatic heterocycles. The Hall–Kier alpha value is -3.28. The highest BCUT2D eigenvalue weighted by Gasteiger charge is 2.50. The number of epoxide rings is 1. The average molecular weight is 489 g/mol. The Balaban J connectivity index is 1.46. The number of sulfonamides is 1. The van der Waals surface area contributed by atoms with E-state index in [9.17, 15) is 22.8 Å². The van der Waals surface area contributed by atoms with Crippen molar-refractivity contribution in [1.29, 1.82) is 0 Å². The van der Waals surface area contributed by atoms with Gasteiger partial charge in [-0.1, -0.05) is 48.5 Å². The first-order valence-electron chi connectivity index (χ1n) is 10.7. The quantitative estimate of drug-likeness (QED) is 0.292. The van der Waals surface area contributed by atoms with Gasteiger partial charge < -0.3 is 20.3 Å². The molecule has 1 aliphatic rings. The van der Waals surface area contributed by atoms with Crippen molar-refractivity contribution in [3.8, 4) is 0 Å². The van der Waals surface area contributed by atoms with Gasteiger partial charge in [0.1, 0.15) is 6.04 Å². The lowest BCUT2D eigenvalue weighted by Crippen LogP contribution is -2.49. The fourth-order valence-electron chi connectivity index (χ4n) is 3.28. The van der Waals surface area contributed by atoms with Crippen LogP contribution in [0.1, 0.15) is 5.56 Å². The summed E-state index contributed by atoms with van der Waals surface area (Å²) < 4.78 is 31.9. The van der Waals surface area contributed by atoms with Crippen LogP contribution >= 0.6 is 0 Å². The molecular weight excluding hydrogens is 460 g/mol. The monoisotopic (exact) mass is 488 g/mol. The summed E-state index contributed by atoms with van der Waals surface area (Å²) in [6, 6.07) is 16.3. The Morgan fingerprint density at radius 1 is 0.912 bits per heavy atom. The lowest BCUT2D eigenvalue weighted by molar-refractivity contribution is -0.134. The van der Waals surface area contributed by atoms with Crippen molar-refractivity contribution in [3.05, 3.63) is 66.2 Å². The summed E-state index contributed by atoms with van der Waals surface area (Å²) in [5.74, 6) is -1.36. The molecule has 11 heteroatoms. The van der Waals surface area contributed by atoms with E-state index >= 15 is 0 Å². The number of ether oxygens (including phenoxy) is 1. The van der Waals surface area contributed by atoms with Crippen molar-refractivity contribution in [2.45, 2.75) is 29.6 Å². The Kier molecular flexibility index (Phi) is 8.37. The van der Waals surface area contributed by atoms with Crippen LogP contribution in [0.2, 0.25) is 0 Å². The lowest BCUT2D eigenvalue weighted by atomic mass is 10.0. The van der Waals surface area contributed by atoms with Crippen LogP contribution < -0.4 is 15.4 Å². The third-order valence-electron chi connectivity index (χ3n) is 5.12. The van der Waals surface area contributed by atoms with Crippen LogP contribution in [0.3, 0.4) is 0 Å². The minimum absolute atomic E-state index is 0.0227.